The summed E-state index contributed by atoms with van der Waals surface area (Å²) >= 11 is 0. The van der Waals surface area contributed by atoms with Gasteiger partial charge in [-0.2, -0.15) is 0 Å². The molecule has 0 radical (unpaired) electrons. The number of hydrogen-bond donors (Lipinski definition) is 0. The molecule has 0 aliphatic carbocycles. The van der Waals surface area contributed by atoms with E-state index in [4.69, 9.17) is 4.52 Å². The van der Waals surface area contributed by atoms with Crippen molar-refractivity contribution in [3.05, 3.63) is 102 Å². The van der Waals surface area contributed by atoms with Gasteiger partial charge in [0.15, 0.2) is 0 Å². The maximum absolute atomic E-state index is 14.4. The topological polar surface area (TPSA) is 63.7 Å². The van der Waals surface area contributed by atoms with Gasteiger partial charge in [-0.15, -0.1) is 0 Å². The van der Waals surface area contributed by atoms with E-state index in [0.29, 0.717) is 23.5 Å². The van der Waals surface area contributed by atoms with Crippen molar-refractivity contribution in [2.45, 2.75) is 31.1 Å². The molecule has 0 unspecified atom stereocenters. The molecule has 0 bridgehead atoms. The number of allylic oxidation sites excluding steroid dienone is 1. The van der Waals surface area contributed by atoms with Crippen LogP contribution in [0.5, 0.6) is 0 Å². The first-order valence-electron chi connectivity index (χ1n) is 10.6. The molecule has 7 heteroatoms. The van der Waals surface area contributed by atoms with Gasteiger partial charge in [-0.25, -0.2) is 12.7 Å². The van der Waals surface area contributed by atoms with Crippen LogP contribution in [0.1, 0.15) is 24.8 Å². The van der Waals surface area contributed by atoms with E-state index >= 15 is 0 Å². The van der Waals surface area contributed by atoms with E-state index in [1.807, 2.05) is 19.1 Å². The van der Waals surface area contributed by atoms with Crippen molar-refractivity contribution in [3.63, 3.8) is 0 Å². The molecule has 3 aromatic rings. The largest absolute Gasteiger partial charge is 0.420 e. The molecule has 0 atom stereocenters. The average molecular weight is 468 g/mol. The molecule has 0 saturated heterocycles. The van der Waals surface area contributed by atoms with Crippen LogP contribution in [-0.2, 0) is 19.1 Å². The van der Waals surface area contributed by atoms with Gasteiger partial charge in [0.1, 0.15) is 0 Å². The van der Waals surface area contributed by atoms with Crippen LogP contribution in [0.4, 0.5) is 0 Å². The third-order valence-corrected chi connectivity index (χ3v) is 9.61. The Bertz CT molecular complexity index is 1200. The smallest absolute Gasteiger partial charge is 0.307 e. The molecule has 1 aliphatic rings. The average Bonchev–Trinajstić information content (AvgIpc) is 3.06. The standard InChI is InChI=1S/C25H26NO4PS/c1-21-16-18-24(19-17-21)32(28,29)26-20-10-4-9-15-25(26)30-31(27,22-11-5-2-6-12-22)23-13-7-3-8-14-23/h2-3,5-8,11-19H,4,9-10,20H2,1H3. The summed E-state index contributed by atoms with van der Waals surface area (Å²) in [5, 5.41) is 1.04. The third kappa shape index (κ3) is 4.52. The van der Waals surface area contributed by atoms with E-state index in [1.165, 1.54) is 4.31 Å². The van der Waals surface area contributed by atoms with Gasteiger partial charge in [0.2, 0.25) is 5.88 Å². The lowest BCUT2D eigenvalue weighted by molar-refractivity contribution is 0.306. The van der Waals surface area contributed by atoms with Gasteiger partial charge in [-0.3, -0.25) is 4.57 Å². The lowest BCUT2D eigenvalue weighted by Gasteiger charge is -2.29. The fourth-order valence-corrected chi connectivity index (χ4v) is 7.21. The number of hydrogen-bond acceptors (Lipinski definition) is 4. The van der Waals surface area contributed by atoms with Crippen molar-refractivity contribution in [2.75, 3.05) is 6.54 Å². The maximum atomic E-state index is 14.4. The van der Waals surface area contributed by atoms with Crippen LogP contribution in [0.15, 0.2) is 102 Å². The molecule has 0 aromatic heterocycles. The molecular formula is C25H26NO4PS. The van der Waals surface area contributed by atoms with Crippen LogP contribution in [-0.4, -0.2) is 19.3 Å². The maximum Gasteiger partial charge on any atom is 0.307 e. The zero-order valence-corrected chi connectivity index (χ0v) is 19.6. The second-order valence-electron chi connectivity index (χ2n) is 7.74. The first-order valence-corrected chi connectivity index (χ1v) is 13.7. The highest BCUT2D eigenvalue weighted by atomic mass is 32.2. The minimum Gasteiger partial charge on any atom is -0.420 e. The quantitative estimate of drug-likeness (QED) is 0.481. The van der Waals surface area contributed by atoms with E-state index < -0.39 is 17.4 Å². The number of aryl methyl sites for hydroxylation is 1. The van der Waals surface area contributed by atoms with Gasteiger partial charge >= 0.3 is 7.37 Å². The van der Waals surface area contributed by atoms with Gasteiger partial charge in [0, 0.05) is 6.54 Å². The molecule has 0 fully saturated rings. The summed E-state index contributed by atoms with van der Waals surface area (Å²) in [5.74, 6) is 0.124. The van der Waals surface area contributed by atoms with Crippen molar-refractivity contribution in [1.29, 1.82) is 0 Å². The molecule has 32 heavy (non-hydrogen) atoms. The number of rotatable bonds is 6. The Kier molecular flexibility index (Phi) is 6.54. The zero-order valence-electron chi connectivity index (χ0n) is 17.9. The molecule has 4 rings (SSSR count). The Balaban J connectivity index is 1.79. The highest BCUT2D eigenvalue weighted by Gasteiger charge is 2.36. The van der Waals surface area contributed by atoms with Crippen molar-refractivity contribution < 1.29 is 17.5 Å². The summed E-state index contributed by atoms with van der Waals surface area (Å²) in [6, 6.07) is 24.7. The molecule has 0 spiro atoms. The predicted octanol–water partition coefficient (Wildman–Crippen LogP) is 4.96. The molecule has 5 nitrogen and oxygen atoms in total. The molecule has 1 aliphatic heterocycles. The lowest BCUT2D eigenvalue weighted by atomic mass is 10.2. The van der Waals surface area contributed by atoms with Crippen LogP contribution in [0.3, 0.4) is 0 Å². The molecule has 3 aromatic carbocycles. The minimum atomic E-state index is -3.87. The van der Waals surface area contributed by atoms with Crippen molar-refractivity contribution >= 4 is 28.0 Å². The monoisotopic (exact) mass is 467 g/mol. The molecular weight excluding hydrogens is 441 g/mol. The van der Waals surface area contributed by atoms with Gasteiger partial charge in [0.25, 0.3) is 10.0 Å². The number of sulfonamides is 1. The Morgan fingerprint density at radius 3 is 1.94 bits per heavy atom. The first kappa shape index (κ1) is 22.4. The second-order valence-corrected chi connectivity index (χ2v) is 11.9. The molecule has 0 saturated carbocycles. The molecule has 1 heterocycles. The van der Waals surface area contributed by atoms with Crippen LogP contribution in [0, 0.1) is 6.92 Å². The fraction of sp³-hybridized carbons (Fsp3) is 0.200. The SMILES string of the molecule is Cc1ccc(S(=O)(=O)N2CCCCC=C2OP(=O)(c2ccccc2)c2ccccc2)cc1. The summed E-state index contributed by atoms with van der Waals surface area (Å²) in [7, 11) is -7.46. The summed E-state index contributed by atoms with van der Waals surface area (Å²) in [4.78, 5) is 0.189. The molecule has 0 amide bonds. The minimum absolute atomic E-state index is 0.124. The highest BCUT2D eigenvalue weighted by molar-refractivity contribution is 7.89. The van der Waals surface area contributed by atoms with E-state index in [0.717, 1.165) is 12.0 Å². The number of nitrogens with zero attached hydrogens (tertiary/aromatic N) is 1. The van der Waals surface area contributed by atoms with Crippen LogP contribution >= 0.6 is 7.37 Å². The summed E-state index contributed by atoms with van der Waals surface area (Å²) in [5.41, 5.74) is 0.976. The summed E-state index contributed by atoms with van der Waals surface area (Å²) in [6.07, 6.45) is 3.92. The number of benzene rings is 3. The summed E-state index contributed by atoms with van der Waals surface area (Å²) < 4.78 is 48.9. The summed E-state index contributed by atoms with van der Waals surface area (Å²) in [6.45, 7) is 2.18. The predicted molar refractivity (Wildman–Crippen MR) is 128 cm³/mol. The van der Waals surface area contributed by atoms with E-state index in [1.54, 1.807) is 78.9 Å². The van der Waals surface area contributed by atoms with Crippen molar-refractivity contribution in [1.82, 2.24) is 4.31 Å². The first-order chi connectivity index (χ1) is 15.4. The third-order valence-electron chi connectivity index (χ3n) is 5.40. The Hall–Kier alpha value is -2.82. The van der Waals surface area contributed by atoms with E-state index in [-0.39, 0.29) is 17.3 Å². The Labute approximate surface area is 189 Å². The van der Waals surface area contributed by atoms with Crippen LogP contribution in [0.2, 0.25) is 0 Å². The lowest BCUT2D eigenvalue weighted by Crippen LogP contribution is -2.33. The van der Waals surface area contributed by atoms with Gasteiger partial charge in [0.05, 0.1) is 15.5 Å². The normalized spacial score (nSPS) is 15.0. The van der Waals surface area contributed by atoms with Gasteiger partial charge < -0.3 is 4.52 Å². The van der Waals surface area contributed by atoms with Crippen molar-refractivity contribution in [2.24, 2.45) is 0 Å². The molecule has 166 valence electrons. The fourth-order valence-electron chi connectivity index (χ4n) is 3.63. The van der Waals surface area contributed by atoms with E-state index in [9.17, 15) is 13.0 Å². The van der Waals surface area contributed by atoms with E-state index in [2.05, 4.69) is 0 Å². The zero-order chi connectivity index (χ0) is 22.6. The molecule has 0 N–H and O–H groups in total. The second kappa shape index (κ2) is 9.35. The van der Waals surface area contributed by atoms with Crippen LogP contribution < -0.4 is 10.6 Å². The Morgan fingerprint density at radius 1 is 0.812 bits per heavy atom. The highest BCUT2D eigenvalue weighted by Crippen LogP contribution is 2.48. The van der Waals surface area contributed by atoms with Crippen molar-refractivity contribution in [3.8, 4) is 0 Å². The van der Waals surface area contributed by atoms with Crippen LogP contribution in [0.25, 0.3) is 0 Å². The Morgan fingerprint density at radius 2 is 1.38 bits per heavy atom. The van der Waals surface area contributed by atoms with Gasteiger partial charge in [-0.1, -0.05) is 54.1 Å². The van der Waals surface area contributed by atoms with Gasteiger partial charge in [-0.05, 0) is 68.7 Å².